The van der Waals surface area contributed by atoms with E-state index in [1.807, 2.05) is 0 Å². The predicted molar refractivity (Wildman–Crippen MR) is 99.2 cm³/mol. The Morgan fingerprint density at radius 3 is 2.69 bits per heavy atom. The second-order valence-electron chi connectivity index (χ2n) is 7.86. The Kier molecular flexibility index (Phi) is 5.85. The zero-order chi connectivity index (χ0) is 19.7. The molecule has 0 aliphatic carbocycles. The van der Waals surface area contributed by atoms with Crippen molar-refractivity contribution in [2.75, 3.05) is 17.7 Å². The zero-order valence-corrected chi connectivity index (χ0v) is 16.7. The highest BCUT2D eigenvalue weighted by molar-refractivity contribution is 6.74. The fourth-order valence-corrected chi connectivity index (χ4v) is 3.84. The number of nitrogen functional groups attached to an aromatic ring is 1. The molecule has 0 bridgehead atoms. The van der Waals surface area contributed by atoms with Crippen LogP contribution in [0.1, 0.15) is 27.2 Å². The van der Waals surface area contributed by atoms with Crippen LogP contribution < -0.4 is 11.1 Å². The van der Waals surface area contributed by atoms with E-state index in [0.717, 1.165) is 6.33 Å². The van der Waals surface area contributed by atoms with E-state index in [4.69, 9.17) is 14.9 Å². The number of anilines is 2. The van der Waals surface area contributed by atoms with Crippen molar-refractivity contribution in [2.24, 2.45) is 0 Å². The van der Waals surface area contributed by atoms with Gasteiger partial charge >= 0.3 is 5.69 Å². The van der Waals surface area contributed by atoms with E-state index in [1.54, 1.807) is 0 Å². The van der Waals surface area contributed by atoms with Crippen molar-refractivity contribution < 1.29 is 19.2 Å². The molecule has 1 aromatic rings. The molecule has 2 rings (SSSR count). The highest BCUT2D eigenvalue weighted by atomic mass is 28.4. The molecule has 1 aromatic heterocycles. The number of nitro groups is 1. The summed E-state index contributed by atoms with van der Waals surface area (Å²) in [5, 5.41) is 23.7. The molecule has 1 aliphatic rings. The smallest absolute Gasteiger partial charge is 0.353 e. The number of rotatable bonds is 6. The number of nitrogens with zero attached hydrogens (tertiary/aromatic N) is 3. The maximum atomic E-state index is 11.2. The topological polar surface area (TPSA) is 146 Å². The first-order valence-electron chi connectivity index (χ1n) is 8.42. The van der Waals surface area contributed by atoms with Crippen LogP contribution >= 0.6 is 0 Å². The Morgan fingerprint density at radius 1 is 1.50 bits per heavy atom. The first-order valence-corrected chi connectivity index (χ1v) is 11.3. The lowest BCUT2D eigenvalue weighted by Crippen LogP contribution is -2.46. The molecule has 26 heavy (non-hydrogen) atoms. The minimum absolute atomic E-state index is 0.0123. The summed E-state index contributed by atoms with van der Waals surface area (Å²) in [6, 6.07) is 0. The van der Waals surface area contributed by atoms with Crippen LogP contribution in [0.4, 0.5) is 17.3 Å². The van der Waals surface area contributed by atoms with Gasteiger partial charge in [0.05, 0.1) is 17.6 Å². The third kappa shape index (κ3) is 4.28. The Hall–Kier alpha value is -1.82. The number of hydrogen-bond acceptors (Lipinski definition) is 9. The van der Waals surface area contributed by atoms with Crippen molar-refractivity contribution in [3.63, 3.8) is 0 Å². The molecular weight excluding hydrogens is 358 g/mol. The molecule has 0 amide bonds. The van der Waals surface area contributed by atoms with Crippen LogP contribution in [0.5, 0.6) is 0 Å². The van der Waals surface area contributed by atoms with Gasteiger partial charge in [0.25, 0.3) is 0 Å². The van der Waals surface area contributed by atoms with E-state index in [1.165, 1.54) is 0 Å². The normalized spacial score (nSPS) is 23.8. The van der Waals surface area contributed by atoms with Gasteiger partial charge in [-0.25, -0.2) is 9.97 Å². The van der Waals surface area contributed by atoms with E-state index in [9.17, 15) is 15.2 Å². The second kappa shape index (κ2) is 7.43. The molecule has 1 unspecified atom stereocenters. The second-order valence-corrected chi connectivity index (χ2v) is 12.6. The average molecular weight is 385 g/mol. The van der Waals surface area contributed by atoms with Gasteiger partial charge < -0.3 is 25.3 Å². The highest BCUT2D eigenvalue weighted by Crippen LogP contribution is 2.40. The third-order valence-corrected chi connectivity index (χ3v) is 9.47. The number of ether oxygens (including phenoxy) is 1. The molecule has 11 heteroatoms. The van der Waals surface area contributed by atoms with Gasteiger partial charge in [-0.2, -0.15) is 0 Å². The van der Waals surface area contributed by atoms with Crippen molar-refractivity contribution in [1.29, 1.82) is 0 Å². The van der Waals surface area contributed by atoms with Crippen molar-refractivity contribution in [2.45, 2.75) is 63.8 Å². The van der Waals surface area contributed by atoms with Crippen LogP contribution in [0.25, 0.3) is 0 Å². The quantitative estimate of drug-likeness (QED) is 0.379. The van der Waals surface area contributed by atoms with Gasteiger partial charge in [0, 0.05) is 6.42 Å². The minimum atomic E-state index is -2.06. The average Bonchev–Trinajstić information content (AvgIpc) is 2.86. The third-order valence-electron chi connectivity index (χ3n) is 4.96. The molecule has 2 heterocycles. The Bertz CT molecular complexity index is 666. The molecule has 1 aliphatic heterocycles. The fourth-order valence-electron chi connectivity index (χ4n) is 2.48. The summed E-state index contributed by atoms with van der Waals surface area (Å²) < 4.78 is 12.1. The summed E-state index contributed by atoms with van der Waals surface area (Å²) >= 11 is 0. The predicted octanol–water partition coefficient (Wildman–Crippen LogP) is 1.88. The molecule has 10 nitrogen and oxygen atoms in total. The maximum Gasteiger partial charge on any atom is 0.353 e. The van der Waals surface area contributed by atoms with Gasteiger partial charge in [0.1, 0.15) is 18.7 Å². The van der Waals surface area contributed by atoms with Gasteiger partial charge in [-0.1, -0.05) is 20.8 Å². The lowest BCUT2D eigenvalue weighted by molar-refractivity contribution is -0.383. The van der Waals surface area contributed by atoms with Crippen molar-refractivity contribution in [3.8, 4) is 0 Å². The molecule has 3 atom stereocenters. The number of nitrogens with one attached hydrogen (secondary N) is 1. The molecule has 4 N–H and O–H groups in total. The van der Waals surface area contributed by atoms with Crippen LogP contribution in [-0.4, -0.2) is 53.4 Å². The lowest BCUT2D eigenvalue weighted by atomic mass is 10.2. The van der Waals surface area contributed by atoms with Crippen LogP contribution in [0.3, 0.4) is 0 Å². The van der Waals surface area contributed by atoms with Crippen LogP contribution in [0.2, 0.25) is 18.1 Å². The van der Waals surface area contributed by atoms with E-state index < -0.39 is 31.3 Å². The molecule has 0 saturated carbocycles. The van der Waals surface area contributed by atoms with Crippen molar-refractivity contribution in [1.82, 2.24) is 9.97 Å². The molecule has 0 radical (unpaired) electrons. The molecule has 146 valence electrons. The highest BCUT2D eigenvalue weighted by Gasteiger charge is 2.44. The molecule has 1 saturated heterocycles. The maximum absolute atomic E-state index is 11.2. The number of aliphatic hydroxyl groups is 1. The molecule has 1 fully saturated rings. The van der Waals surface area contributed by atoms with E-state index in [2.05, 4.69) is 49.1 Å². The summed E-state index contributed by atoms with van der Waals surface area (Å²) in [7, 11) is -2.06. The van der Waals surface area contributed by atoms with Crippen molar-refractivity contribution >= 4 is 25.6 Å². The first-order chi connectivity index (χ1) is 12.0. The van der Waals surface area contributed by atoms with E-state index in [0.29, 0.717) is 6.42 Å². The Labute approximate surface area is 153 Å². The Balaban J connectivity index is 2.15. The van der Waals surface area contributed by atoms with Crippen LogP contribution in [-0.2, 0) is 9.16 Å². The van der Waals surface area contributed by atoms with Gasteiger partial charge in [-0.15, -0.1) is 0 Å². The van der Waals surface area contributed by atoms with Gasteiger partial charge in [0.15, 0.2) is 8.32 Å². The van der Waals surface area contributed by atoms with E-state index >= 15 is 0 Å². The number of nitrogens with two attached hydrogens (primary N) is 1. The summed E-state index contributed by atoms with van der Waals surface area (Å²) in [5.74, 6) is -0.240. The first kappa shape index (κ1) is 20.5. The monoisotopic (exact) mass is 385 g/mol. The van der Waals surface area contributed by atoms with Gasteiger partial charge in [0.2, 0.25) is 11.6 Å². The summed E-state index contributed by atoms with van der Waals surface area (Å²) in [6.07, 6.45) is 0.164. The van der Waals surface area contributed by atoms with E-state index in [-0.39, 0.29) is 29.4 Å². The molecule has 0 aromatic carbocycles. The van der Waals surface area contributed by atoms with Crippen molar-refractivity contribution in [3.05, 3.63) is 16.4 Å². The van der Waals surface area contributed by atoms with Gasteiger partial charge in [-0.05, 0) is 18.1 Å². The van der Waals surface area contributed by atoms with Crippen LogP contribution in [0, 0.1) is 10.1 Å². The zero-order valence-electron chi connectivity index (χ0n) is 15.7. The number of aromatic nitrogens is 2. The minimum Gasteiger partial charge on any atom is -0.411 e. The van der Waals surface area contributed by atoms with Crippen LogP contribution in [0.15, 0.2) is 6.33 Å². The summed E-state index contributed by atoms with van der Waals surface area (Å²) in [4.78, 5) is 18.1. The van der Waals surface area contributed by atoms with Gasteiger partial charge in [-0.3, -0.25) is 10.1 Å². The number of aliphatic hydroxyl groups excluding tert-OH is 1. The standard InChI is InChI=1S/C15H27N5O5Si/c1-15(2,3)26(4,5)25-9-6-11(24-10(9)7-21)19-14-12(20(22)23)13(16)17-8-18-14/h8-11,21H,6-7H2,1-5H3,(H3,16,17,18,19)/t9-,10+,11?/m0/s1. The summed E-state index contributed by atoms with van der Waals surface area (Å²) in [5.41, 5.74) is 5.18. The largest absolute Gasteiger partial charge is 0.411 e. The number of hydrogen-bond donors (Lipinski definition) is 3. The Morgan fingerprint density at radius 2 is 2.15 bits per heavy atom. The summed E-state index contributed by atoms with van der Waals surface area (Å²) in [6.45, 7) is 10.4. The molecular formula is C15H27N5O5Si. The molecule has 0 spiro atoms. The SMILES string of the molecule is CC(C)(C)[Si](C)(C)O[C@H]1CC(Nc2ncnc(N)c2[N+](=O)[O-])O[C@@H]1CO. The fraction of sp³-hybridized carbons (Fsp3) is 0.733. The lowest BCUT2D eigenvalue weighted by Gasteiger charge is -2.39.